The van der Waals surface area contributed by atoms with Crippen LogP contribution >= 0.6 is 0 Å². The van der Waals surface area contributed by atoms with Crippen molar-refractivity contribution >= 4 is 18.8 Å². The van der Waals surface area contributed by atoms with Crippen LogP contribution in [0.15, 0.2) is 36.4 Å². The van der Waals surface area contributed by atoms with Gasteiger partial charge in [0.05, 0.1) is 0 Å². The average molecular weight is 361 g/mol. The number of terminal acetylenes is 1. The molecule has 0 spiro atoms. The molecule has 0 heterocycles. The number of aryl methyl sites for hydroxylation is 1. The van der Waals surface area contributed by atoms with Gasteiger partial charge in [-0.1, -0.05) is 83.9 Å². The first kappa shape index (κ1) is 20.4. The van der Waals surface area contributed by atoms with E-state index in [1.54, 1.807) is 0 Å². The van der Waals surface area contributed by atoms with Gasteiger partial charge in [-0.3, -0.25) is 0 Å². The van der Waals surface area contributed by atoms with E-state index in [1.807, 2.05) is 0 Å². The third-order valence-electron chi connectivity index (χ3n) is 5.85. The van der Waals surface area contributed by atoms with Crippen molar-refractivity contribution in [2.24, 2.45) is 0 Å². The number of hydrogen-bond donors (Lipinski definition) is 0. The zero-order valence-corrected chi connectivity index (χ0v) is 18.2. The summed E-state index contributed by atoms with van der Waals surface area (Å²) in [5.41, 5.74) is 8.12. The van der Waals surface area contributed by atoms with E-state index in [0.29, 0.717) is 16.6 Å². The molecule has 0 amide bonds. The Morgan fingerprint density at radius 1 is 0.885 bits per heavy atom. The van der Waals surface area contributed by atoms with Crippen LogP contribution < -0.4 is 0 Å². The van der Waals surface area contributed by atoms with Crippen molar-refractivity contribution in [1.82, 2.24) is 0 Å². The highest BCUT2D eigenvalue weighted by atomic mass is 28.3. The lowest BCUT2D eigenvalue weighted by molar-refractivity contribution is 0.838. The summed E-state index contributed by atoms with van der Waals surface area (Å²) in [5.74, 6) is 6.47. The molecule has 0 unspecified atom stereocenters. The van der Waals surface area contributed by atoms with E-state index < -0.39 is 8.07 Å². The molecule has 26 heavy (non-hydrogen) atoms. The molecule has 0 aliphatic heterocycles. The van der Waals surface area contributed by atoms with Crippen LogP contribution in [0.3, 0.4) is 0 Å². The number of fused-ring (bicyclic) bond motifs is 1. The molecule has 2 rings (SSSR count). The molecule has 0 saturated carbocycles. The lowest BCUT2D eigenvalue weighted by Crippen LogP contribution is -2.43. The van der Waals surface area contributed by atoms with Crippen LogP contribution in [-0.2, 0) is 6.42 Å². The van der Waals surface area contributed by atoms with Crippen LogP contribution in [0, 0.1) is 23.8 Å². The first-order valence-electron chi connectivity index (χ1n) is 9.81. The van der Waals surface area contributed by atoms with E-state index in [-0.39, 0.29) is 0 Å². The van der Waals surface area contributed by atoms with E-state index in [2.05, 4.69) is 95.3 Å². The van der Waals surface area contributed by atoms with Crippen LogP contribution in [0.4, 0.5) is 0 Å². The molecule has 2 aromatic rings. The minimum absolute atomic E-state index is 0.678. The van der Waals surface area contributed by atoms with Gasteiger partial charge in [0.25, 0.3) is 0 Å². The Bertz CT molecular complexity index is 831. The number of rotatable bonds is 5. The van der Waals surface area contributed by atoms with Crippen LogP contribution in [0.1, 0.15) is 59.1 Å². The monoisotopic (exact) mass is 360 g/mol. The molecule has 0 aromatic heterocycles. The van der Waals surface area contributed by atoms with Gasteiger partial charge < -0.3 is 0 Å². The average Bonchev–Trinajstić information content (AvgIpc) is 2.60. The summed E-state index contributed by atoms with van der Waals surface area (Å²) in [7, 11) is -1.63. The highest BCUT2D eigenvalue weighted by molar-refractivity contribution is 6.90. The van der Waals surface area contributed by atoms with Crippen molar-refractivity contribution < 1.29 is 0 Å². The summed E-state index contributed by atoms with van der Waals surface area (Å²) in [6.07, 6.45) is 7.64. The molecule has 0 radical (unpaired) electrons. The molecular formula is C25H32Si. The van der Waals surface area contributed by atoms with Crippen LogP contribution in [0.5, 0.6) is 0 Å². The number of benzene rings is 2. The maximum absolute atomic E-state index is 5.83. The molecule has 0 atom stereocenters. The molecule has 1 heteroatoms. The van der Waals surface area contributed by atoms with E-state index in [4.69, 9.17) is 6.42 Å². The molecule has 0 saturated heterocycles. The van der Waals surface area contributed by atoms with Crippen molar-refractivity contribution in [2.45, 2.75) is 71.0 Å². The minimum Gasteiger partial charge on any atom is -0.130 e. The normalized spacial score (nSPS) is 11.7. The maximum Gasteiger partial charge on any atom is 0.145 e. The lowest BCUT2D eigenvalue weighted by atomic mass is 9.97. The highest BCUT2D eigenvalue weighted by Crippen LogP contribution is 2.40. The van der Waals surface area contributed by atoms with Gasteiger partial charge in [-0.05, 0) is 39.4 Å². The smallest absolute Gasteiger partial charge is 0.130 e. The summed E-state index contributed by atoms with van der Waals surface area (Å²) < 4.78 is 0. The van der Waals surface area contributed by atoms with Gasteiger partial charge in [-0.15, -0.1) is 17.9 Å². The fourth-order valence-electron chi connectivity index (χ4n) is 4.54. The van der Waals surface area contributed by atoms with Crippen molar-refractivity contribution in [1.29, 1.82) is 0 Å². The molecule has 0 fully saturated rings. The minimum atomic E-state index is -1.63. The maximum atomic E-state index is 5.83. The Labute approximate surface area is 161 Å². The third-order valence-corrected chi connectivity index (χ3v) is 12.2. The summed E-state index contributed by atoms with van der Waals surface area (Å²) >= 11 is 0. The second kappa shape index (κ2) is 8.61. The molecule has 0 aliphatic carbocycles. The fraction of sp³-hybridized carbons (Fsp3) is 0.440. The van der Waals surface area contributed by atoms with Gasteiger partial charge in [0.1, 0.15) is 8.07 Å². The van der Waals surface area contributed by atoms with Crippen molar-refractivity contribution in [3.8, 4) is 23.8 Å². The van der Waals surface area contributed by atoms with Crippen LogP contribution in [-0.4, -0.2) is 8.07 Å². The first-order valence-corrected chi connectivity index (χ1v) is 12.0. The predicted octanol–water partition coefficient (Wildman–Crippen LogP) is 6.98. The summed E-state index contributed by atoms with van der Waals surface area (Å²) in [6.45, 7) is 14.2. The van der Waals surface area contributed by atoms with E-state index >= 15 is 0 Å². The van der Waals surface area contributed by atoms with Gasteiger partial charge in [0, 0.05) is 12.0 Å². The largest absolute Gasteiger partial charge is 0.145 e. The Kier molecular flexibility index (Phi) is 6.74. The van der Waals surface area contributed by atoms with Gasteiger partial charge in [-0.2, -0.15) is 0 Å². The Balaban J connectivity index is 2.27. The van der Waals surface area contributed by atoms with Gasteiger partial charge in [0.2, 0.25) is 0 Å². The highest BCUT2D eigenvalue weighted by Gasteiger charge is 2.41. The van der Waals surface area contributed by atoms with E-state index in [1.165, 1.54) is 16.3 Å². The second-order valence-corrected chi connectivity index (χ2v) is 13.7. The molecule has 136 valence electrons. The SMILES string of the molecule is C#Cc1c(CCC#C[Si](C(C)C)(C(C)C)C(C)C)ccc2ccccc12. The summed E-state index contributed by atoms with van der Waals surface area (Å²) in [4.78, 5) is 0. The molecule has 0 N–H and O–H groups in total. The topological polar surface area (TPSA) is 0 Å². The molecule has 0 bridgehead atoms. The fourth-order valence-corrected chi connectivity index (χ4v) is 9.84. The first-order chi connectivity index (χ1) is 12.3. The Morgan fingerprint density at radius 3 is 2.08 bits per heavy atom. The molecule has 0 aliphatic rings. The molecular weight excluding hydrogens is 328 g/mol. The van der Waals surface area contributed by atoms with Crippen molar-refractivity contribution in [2.75, 3.05) is 0 Å². The lowest BCUT2D eigenvalue weighted by Gasteiger charge is -2.38. The molecule has 2 aromatic carbocycles. The van der Waals surface area contributed by atoms with E-state index in [0.717, 1.165) is 18.4 Å². The summed E-state index contributed by atoms with van der Waals surface area (Å²) in [6, 6.07) is 12.7. The van der Waals surface area contributed by atoms with Gasteiger partial charge >= 0.3 is 0 Å². The second-order valence-electron chi connectivity index (χ2n) is 8.16. The zero-order chi connectivity index (χ0) is 19.3. The van der Waals surface area contributed by atoms with Gasteiger partial charge in [0.15, 0.2) is 0 Å². The zero-order valence-electron chi connectivity index (χ0n) is 17.2. The van der Waals surface area contributed by atoms with Gasteiger partial charge in [-0.25, -0.2) is 0 Å². The Morgan fingerprint density at radius 2 is 1.50 bits per heavy atom. The third kappa shape index (κ3) is 3.90. The Hall–Kier alpha value is -1.96. The summed E-state index contributed by atoms with van der Waals surface area (Å²) in [5, 5.41) is 2.39. The quantitative estimate of drug-likeness (QED) is 0.399. The van der Waals surface area contributed by atoms with Crippen molar-refractivity contribution in [3.05, 3.63) is 47.5 Å². The van der Waals surface area contributed by atoms with Crippen LogP contribution in [0.25, 0.3) is 10.8 Å². The number of hydrogen-bond acceptors (Lipinski definition) is 0. The standard InChI is InChI=1S/C25H32Si/c1-8-24-22(16-17-23-13-9-10-15-25(23)24)14-11-12-18-26(19(2)3,20(4)5)21(6)7/h1,9-10,13,15-17,19-21H,11,14H2,2-7H3. The predicted molar refractivity (Wildman–Crippen MR) is 119 cm³/mol. The molecule has 0 nitrogen and oxygen atoms in total. The van der Waals surface area contributed by atoms with Crippen molar-refractivity contribution in [3.63, 3.8) is 0 Å². The van der Waals surface area contributed by atoms with E-state index in [9.17, 15) is 0 Å². The van der Waals surface area contributed by atoms with Crippen LogP contribution in [0.2, 0.25) is 16.6 Å².